The van der Waals surface area contributed by atoms with Crippen molar-refractivity contribution in [3.63, 3.8) is 0 Å². The highest BCUT2D eigenvalue weighted by atomic mass is 35.5. The molecule has 4 rings (SSSR count). The second kappa shape index (κ2) is 6.92. The van der Waals surface area contributed by atoms with Gasteiger partial charge in [-0.3, -0.25) is 10.1 Å². The van der Waals surface area contributed by atoms with Crippen LogP contribution in [0.15, 0.2) is 40.9 Å². The molecule has 2 aromatic carbocycles. The van der Waals surface area contributed by atoms with Gasteiger partial charge in [0, 0.05) is 5.56 Å². The van der Waals surface area contributed by atoms with Crippen LogP contribution in [0.3, 0.4) is 0 Å². The van der Waals surface area contributed by atoms with Crippen molar-refractivity contribution in [2.45, 2.75) is 6.92 Å². The van der Waals surface area contributed by atoms with Gasteiger partial charge in [0.25, 0.3) is 5.91 Å². The fourth-order valence-electron chi connectivity index (χ4n) is 2.66. The van der Waals surface area contributed by atoms with Crippen LogP contribution in [-0.2, 0) is 0 Å². The number of para-hydroxylation sites is 1. The molecule has 1 N–H and O–H groups in total. The average molecular weight is 422 g/mol. The van der Waals surface area contributed by atoms with E-state index in [-0.39, 0.29) is 21.9 Å². The molecular formula is C18H10Cl2FN3O2S. The third-order valence-corrected chi connectivity index (χ3v) is 5.45. The quantitative estimate of drug-likeness (QED) is 0.443. The molecular weight excluding hydrogens is 412 g/mol. The lowest BCUT2D eigenvalue weighted by atomic mass is 10.1. The molecule has 0 saturated heterocycles. The van der Waals surface area contributed by atoms with Gasteiger partial charge in [0.1, 0.15) is 28.4 Å². The van der Waals surface area contributed by atoms with E-state index in [9.17, 15) is 9.18 Å². The van der Waals surface area contributed by atoms with E-state index in [0.717, 1.165) is 11.3 Å². The minimum absolute atomic E-state index is 0.185. The molecule has 1 amide bonds. The molecule has 2 aromatic heterocycles. The molecule has 4 aromatic rings. The van der Waals surface area contributed by atoms with Crippen molar-refractivity contribution in [2.75, 3.05) is 5.32 Å². The molecule has 0 aliphatic carbocycles. The maximum atomic E-state index is 13.8. The maximum Gasteiger partial charge on any atom is 0.263 e. The highest BCUT2D eigenvalue weighted by Crippen LogP contribution is 2.37. The molecule has 0 saturated carbocycles. The molecule has 0 radical (unpaired) electrons. The average Bonchev–Trinajstić information content (AvgIpc) is 3.19. The molecule has 27 heavy (non-hydrogen) atoms. The zero-order valence-corrected chi connectivity index (χ0v) is 16.0. The van der Waals surface area contributed by atoms with Crippen LogP contribution in [-0.4, -0.2) is 16.0 Å². The van der Waals surface area contributed by atoms with E-state index in [1.807, 2.05) is 0 Å². The second-order valence-corrected chi connectivity index (χ2v) is 7.46. The summed E-state index contributed by atoms with van der Waals surface area (Å²) in [5.74, 6) is -0.654. The number of aryl methyl sites for hydroxylation is 1. The first-order chi connectivity index (χ1) is 13.0. The monoisotopic (exact) mass is 421 g/mol. The summed E-state index contributed by atoms with van der Waals surface area (Å²) in [6, 6.07) is 9.61. The van der Waals surface area contributed by atoms with Crippen LogP contribution in [0.2, 0.25) is 10.0 Å². The van der Waals surface area contributed by atoms with Crippen LogP contribution in [0, 0.1) is 12.7 Å². The number of benzene rings is 2. The van der Waals surface area contributed by atoms with Crippen molar-refractivity contribution in [1.29, 1.82) is 0 Å². The predicted molar refractivity (Wildman–Crippen MR) is 104 cm³/mol. The SMILES string of the molecule is Cc1onc(-c2c(Cl)cccc2Cl)c1C(=O)Nc1nc2c(F)cccc2s1. The molecule has 0 fully saturated rings. The van der Waals surface area contributed by atoms with E-state index in [1.165, 1.54) is 6.07 Å². The number of fused-ring (bicyclic) bond motifs is 1. The number of nitrogens with one attached hydrogen (secondary N) is 1. The third kappa shape index (κ3) is 3.18. The lowest BCUT2D eigenvalue weighted by Gasteiger charge is -2.06. The Bertz CT molecular complexity index is 1170. The summed E-state index contributed by atoms with van der Waals surface area (Å²) in [5, 5.41) is 7.55. The molecule has 0 unspecified atom stereocenters. The standard InChI is InChI=1S/C18H10Cl2FN3O2S/c1-8-13(16(24-26-8)14-9(19)4-2-5-10(14)20)17(25)23-18-22-15-11(21)6-3-7-12(15)27-18/h2-7H,1H3,(H,22,23,25). The molecule has 2 heterocycles. The van der Waals surface area contributed by atoms with Gasteiger partial charge in [-0.25, -0.2) is 9.37 Å². The number of thiazole rings is 1. The van der Waals surface area contributed by atoms with Gasteiger partial charge in [0.05, 0.1) is 14.7 Å². The number of carbonyl (C=O) groups is 1. The summed E-state index contributed by atoms with van der Waals surface area (Å²) in [4.78, 5) is 17.0. The topological polar surface area (TPSA) is 68.0 Å². The van der Waals surface area contributed by atoms with Crippen molar-refractivity contribution in [1.82, 2.24) is 10.1 Å². The van der Waals surface area contributed by atoms with Crippen LogP contribution >= 0.6 is 34.5 Å². The van der Waals surface area contributed by atoms with E-state index in [1.54, 1.807) is 37.3 Å². The summed E-state index contributed by atoms with van der Waals surface area (Å²) in [6.07, 6.45) is 0. The highest BCUT2D eigenvalue weighted by Gasteiger charge is 2.25. The van der Waals surface area contributed by atoms with Gasteiger partial charge in [0.2, 0.25) is 0 Å². The molecule has 136 valence electrons. The van der Waals surface area contributed by atoms with Gasteiger partial charge >= 0.3 is 0 Å². The first kappa shape index (κ1) is 17.9. The van der Waals surface area contributed by atoms with Crippen molar-refractivity contribution in [2.24, 2.45) is 0 Å². The summed E-state index contributed by atoms with van der Waals surface area (Å²) in [6.45, 7) is 1.61. The van der Waals surface area contributed by atoms with Crippen LogP contribution in [0.25, 0.3) is 21.5 Å². The number of rotatable bonds is 3. The van der Waals surface area contributed by atoms with Gasteiger partial charge in [-0.1, -0.05) is 51.8 Å². The smallest absolute Gasteiger partial charge is 0.263 e. The second-order valence-electron chi connectivity index (χ2n) is 5.62. The molecule has 0 spiro atoms. The lowest BCUT2D eigenvalue weighted by Crippen LogP contribution is -2.13. The molecule has 0 atom stereocenters. The molecule has 9 heteroatoms. The Balaban J connectivity index is 1.74. The Morgan fingerprint density at radius 1 is 1.19 bits per heavy atom. The van der Waals surface area contributed by atoms with Crippen molar-refractivity contribution in [3.05, 3.63) is 63.6 Å². The zero-order valence-electron chi connectivity index (χ0n) is 13.7. The molecule has 0 bridgehead atoms. The predicted octanol–water partition coefficient (Wildman–Crippen LogP) is 5.96. The van der Waals surface area contributed by atoms with E-state index >= 15 is 0 Å². The van der Waals surface area contributed by atoms with Crippen LogP contribution < -0.4 is 5.32 Å². The minimum Gasteiger partial charge on any atom is -0.360 e. The minimum atomic E-state index is -0.501. The molecule has 5 nitrogen and oxygen atoms in total. The largest absolute Gasteiger partial charge is 0.360 e. The Morgan fingerprint density at radius 2 is 1.89 bits per heavy atom. The first-order valence-electron chi connectivity index (χ1n) is 7.72. The Kier molecular flexibility index (Phi) is 4.59. The van der Waals surface area contributed by atoms with Gasteiger partial charge in [0.15, 0.2) is 5.13 Å². The number of halogens is 3. The summed E-state index contributed by atoms with van der Waals surface area (Å²) >= 11 is 13.6. The Morgan fingerprint density at radius 3 is 2.59 bits per heavy atom. The highest BCUT2D eigenvalue weighted by molar-refractivity contribution is 7.22. The van der Waals surface area contributed by atoms with E-state index in [0.29, 0.717) is 26.1 Å². The van der Waals surface area contributed by atoms with Gasteiger partial charge < -0.3 is 4.52 Å². The fraction of sp³-hybridized carbons (Fsp3) is 0.0556. The summed E-state index contributed by atoms with van der Waals surface area (Å²) in [7, 11) is 0. The van der Waals surface area contributed by atoms with E-state index in [2.05, 4.69) is 15.5 Å². The summed E-state index contributed by atoms with van der Waals surface area (Å²) in [5.41, 5.74) is 1.02. The van der Waals surface area contributed by atoms with Gasteiger partial charge in [-0.05, 0) is 31.2 Å². The van der Waals surface area contributed by atoms with Crippen molar-refractivity contribution < 1.29 is 13.7 Å². The van der Waals surface area contributed by atoms with E-state index < -0.39 is 11.7 Å². The van der Waals surface area contributed by atoms with E-state index in [4.69, 9.17) is 27.7 Å². The number of hydrogen-bond donors (Lipinski definition) is 1. The third-order valence-electron chi connectivity index (χ3n) is 3.88. The number of carbonyl (C=O) groups excluding carboxylic acids is 1. The first-order valence-corrected chi connectivity index (χ1v) is 9.30. The number of anilines is 1. The van der Waals surface area contributed by atoms with Crippen molar-refractivity contribution in [3.8, 4) is 11.3 Å². The number of hydrogen-bond acceptors (Lipinski definition) is 5. The number of aromatic nitrogens is 2. The maximum absolute atomic E-state index is 13.8. The van der Waals surface area contributed by atoms with Gasteiger partial charge in [-0.15, -0.1) is 0 Å². The van der Waals surface area contributed by atoms with Crippen LogP contribution in [0.1, 0.15) is 16.1 Å². The summed E-state index contributed by atoms with van der Waals surface area (Å²) < 4.78 is 19.6. The lowest BCUT2D eigenvalue weighted by molar-refractivity contribution is 0.102. The Hall–Kier alpha value is -2.48. The van der Waals surface area contributed by atoms with Crippen molar-refractivity contribution >= 4 is 55.8 Å². The fourth-order valence-corrected chi connectivity index (χ4v) is 4.11. The van der Waals surface area contributed by atoms with Crippen LogP contribution in [0.5, 0.6) is 0 Å². The number of nitrogens with zero attached hydrogens (tertiary/aromatic N) is 2. The Labute approximate surface area is 166 Å². The normalized spacial score (nSPS) is 11.1. The van der Waals surface area contributed by atoms with Gasteiger partial charge in [-0.2, -0.15) is 0 Å². The molecule has 0 aliphatic rings. The zero-order chi connectivity index (χ0) is 19.1. The number of amides is 1. The van der Waals surface area contributed by atoms with Crippen LogP contribution in [0.4, 0.5) is 9.52 Å². The molecule has 0 aliphatic heterocycles.